The predicted molar refractivity (Wildman–Crippen MR) is 95.1 cm³/mol. The average molecular weight is 361 g/mol. The van der Waals surface area contributed by atoms with E-state index in [1.807, 2.05) is 19.9 Å². The Morgan fingerprint density at radius 2 is 2.08 bits per heavy atom. The lowest BCUT2D eigenvalue weighted by atomic mass is 9.97. The number of nitriles is 1. The average Bonchev–Trinajstić information content (AvgIpc) is 2.59. The minimum Gasteiger partial charge on any atom is -0.466 e. The van der Waals surface area contributed by atoms with Gasteiger partial charge in [0.25, 0.3) is 0 Å². The number of amides is 1. The zero-order valence-corrected chi connectivity index (χ0v) is 15.7. The van der Waals surface area contributed by atoms with Crippen LogP contribution in [-0.4, -0.2) is 47.2 Å². The number of pyridine rings is 1. The maximum absolute atomic E-state index is 12.4. The van der Waals surface area contributed by atoms with Gasteiger partial charge in [-0.05, 0) is 45.2 Å². The van der Waals surface area contributed by atoms with Crippen LogP contribution >= 0.6 is 11.8 Å². The van der Waals surface area contributed by atoms with Gasteiger partial charge in [-0.25, -0.2) is 4.98 Å². The predicted octanol–water partition coefficient (Wildman–Crippen LogP) is 2.46. The van der Waals surface area contributed by atoms with Crippen molar-refractivity contribution in [3.8, 4) is 6.07 Å². The number of hydrogen-bond acceptors (Lipinski definition) is 6. The van der Waals surface area contributed by atoms with E-state index < -0.39 is 0 Å². The fraction of sp³-hybridized carbons (Fsp3) is 0.556. The molecule has 1 aliphatic heterocycles. The lowest BCUT2D eigenvalue weighted by Crippen LogP contribution is -2.41. The number of nitrogens with zero attached hydrogens (tertiary/aromatic N) is 3. The molecule has 0 aliphatic carbocycles. The van der Waals surface area contributed by atoms with E-state index in [9.17, 15) is 14.9 Å². The van der Waals surface area contributed by atoms with Crippen LogP contribution in [0.1, 0.15) is 36.6 Å². The summed E-state index contributed by atoms with van der Waals surface area (Å²) in [6, 6.07) is 4.03. The van der Waals surface area contributed by atoms with E-state index >= 15 is 0 Å². The number of carbonyl (C=O) groups is 2. The SMILES string of the molecule is CCOC(=O)C1CCN(C(=O)CSc2nc(C)cc(C)c2C#N)CC1. The summed E-state index contributed by atoms with van der Waals surface area (Å²) in [5.74, 6) is -0.0172. The fourth-order valence-corrected chi connectivity index (χ4v) is 3.89. The number of likely N-dealkylation sites (tertiary alicyclic amines) is 1. The molecule has 0 bridgehead atoms. The van der Waals surface area contributed by atoms with Crippen LogP contribution in [0, 0.1) is 31.1 Å². The van der Waals surface area contributed by atoms with E-state index in [-0.39, 0.29) is 23.5 Å². The van der Waals surface area contributed by atoms with Gasteiger partial charge in [-0.3, -0.25) is 9.59 Å². The summed E-state index contributed by atoms with van der Waals surface area (Å²) in [4.78, 5) is 30.3. The Kier molecular flexibility index (Phi) is 6.82. The third kappa shape index (κ3) is 4.95. The molecule has 1 aromatic heterocycles. The zero-order valence-electron chi connectivity index (χ0n) is 14.9. The van der Waals surface area contributed by atoms with Crippen LogP contribution < -0.4 is 0 Å². The second-order valence-electron chi connectivity index (χ2n) is 6.07. The van der Waals surface area contributed by atoms with Crippen molar-refractivity contribution in [1.82, 2.24) is 9.88 Å². The highest BCUT2D eigenvalue weighted by atomic mass is 32.2. The summed E-state index contributed by atoms with van der Waals surface area (Å²) < 4.78 is 5.04. The van der Waals surface area contributed by atoms with Crippen molar-refractivity contribution in [1.29, 1.82) is 5.26 Å². The minimum absolute atomic E-state index is 0.0113. The zero-order chi connectivity index (χ0) is 18.4. The van der Waals surface area contributed by atoms with E-state index in [0.29, 0.717) is 43.1 Å². The van der Waals surface area contributed by atoms with Gasteiger partial charge >= 0.3 is 5.97 Å². The molecular weight excluding hydrogens is 338 g/mol. The van der Waals surface area contributed by atoms with Crippen LogP contribution in [0.25, 0.3) is 0 Å². The molecule has 7 heteroatoms. The van der Waals surface area contributed by atoms with Gasteiger partial charge in [-0.15, -0.1) is 0 Å². The first kappa shape index (κ1) is 19.3. The highest BCUT2D eigenvalue weighted by Crippen LogP contribution is 2.25. The van der Waals surface area contributed by atoms with Crippen molar-refractivity contribution in [3.05, 3.63) is 22.9 Å². The van der Waals surface area contributed by atoms with E-state index in [0.717, 1.165) is 11.3 Å². The van der Waals surface area contributed by atoms with Crippen molar-refractivity contribution in [3.63, 3.8) is 0 Å². The molecule has 0 radical (unpaired) electrons. The molecule has 134 valence electrons. The van der Waals surface area contributed by atoms with Gasteiger partial charge in [0.1, 0.15) is 11.1 Å². The Bertz CT molecular complexity index is 692. The summed E-state index contributed by atoms with van der Waals surface area (Å²) in [5, 5.41) is 9.89. The molecule has 0 spiro atoms. The summed E-state index contributed by atoms with van der Waals surface area (Å²) in [5.41, 5.74) is 2.24. The second-order valence-corrected chi connectivity index (χ2v) is 7.03. The lowest BCUT2D eigenvalue weighted by Gasteiger charge is -2.30. The summed E-state index contributed by atoms with van der Waals surface area (Å²) in [7, 11) is 0. The molecule has 0 N–H and O–H groups in total. The van der Waals surface area contributed by atoms with Crippen LogP contribution in [0.2, 0.25) is 0 Å². The van der Waals surface area contributed by atoms with Crippen molar-refractivity contribution in [2.24, 2.45) is 5.92 Å². The summed E-state index contributed by atoms with van der Waals surface area (Å²) in [6.45, 7) is 7.06. The van der Waals surface area contributed by atoms with Crippen molar-refractivity contribution < 1.29 is 14.3 Å². The molecule has 1 amide bonds. The fourth-order valence-electron chi connectivity index (χ4n) is 2.89. The van der Waals surface area contributed by atoms with E-state index in [1.54, 1.807) is 11.8 Å². The molecule has 1 aliphatic rings. The Hall–Kier alpha value is -2.07. The first-order valence-corrected chi connectivity index (χ1v) is 9.40. The number of esters is 1. The molecule has 0 saturated carbocycles. The molecule has 1 fully saturated rings. The number of thioether (sulfide) groups is 1. The number of rotatable bonds is 5. The lowest BCUT2D eigenvalue weighted by molar-refractivity contribution is -0.151. The van der Waals surface area contributed by atoms with Crippen LogP contribution in [0.15, 0.2) is 11.1 Å². The van der Waals surface area contributed by atoms with Crippen LogP contribution in [-0.2, 0) is 14.3 Å². The molecule has 0 atom stereocenters. The minimum atomic E-state index is -0.165. The molecule has 1 saturated heterocycles. The van der Waals surface area contributed by atoms with Gasteiger partial charge in [-0.2, -0.15) is 5.26 Å². The quantitative estimate of drug-likeness (QED) is 0.592. The first-order chi connectivity index (χ1) is 12.0. The smallest absolute Gasteiger partial charge is 0.309 e. The monoisotopic (exact) mass is 361 g/mol. The Labute approximate surface area is 152 Å². The van der Waals surface area contributed by atoms with Crippen molar-refractivity contribution in [2.45, 2.75) is 38.6 Å². The molecular formula is C18H23N3O3S. The maximum Gasteiger partial charge on any atom is 0.309 e. The Morgan fingerprint density at radius 3 is 2.68 bits per heavy atom. The van der Waals surface area contributed by atoms with Gasteiger partial charge in [0.15, 0.2) is 0 Å². The molecule has 0 aromatic carbocycles. The van der Waals surface area contributed by atoms with Gasteiger partial charge in [-0.1, -0.05) is 11.8 Å². The van der Waals surface area contributed by atoms with Crippen molar-refractivity contribution in [2.75, 3.05) is 25.4 Å². The summed E-state index contributed by atoms with van der Waals surface area (Å²) in [6.07, 6.45) is 1.28. The first-order valence-electron chi connectivity index (χ1n) is 8.41. The Balaban J connectivity index is 1.90. The van der Waals surface area contributed by atoms with Crippen LogP contribution in [0.3, 0.4) is 0 Å². The molecule has 0 unspecified atom stereocenters. The van der Waals surface area contributed by atoms with Crippen LogP contribution in [0.4, 0.5) is 0 Å². The normalized spacial score (nSPS) is 14.9. The highest BCUT2D eigenvalue weighted by molar-refractivity contribution is 8.00. The number of aryl methyl sites for hydroxylation is 2. The maximum atomic E-state index is 12.4. The molecule has 6 nitrogen and oxygen atoms in total. The molecule has 1 aromatic rings. The van der Waals surface area contributed by atoms with Gasteiger partial charge < -0.3 is 9.64 Å². The standard InChI is InChI=1S/C18H23N3O3S/c1-4-24-18(23)14-5-7-21(8-6-14)16(22)11-25-17-15(10-19)12(2)9-13(3)20-17/h9,14H,4-8,11H2,1-3H3. The largest absolute Gasteiger partial charge is 0.466 e. The third-order valence-corrected chi connectivity index (χ3v) is 5.18. The number of aromatic nitrogens is 1. The highest BCUT2D eigenvalue weighted by Gasteiger charge is 2.28. The molecule has 2 heterocycles. The topological polar surface area (TPSA) is 83.3 Å². The van der Waals surface area contributed by atoms with Crippen molar-refractivity contribution >= 4 is 23.6 Å². The third-order valence-electron chi connectivity index (χ3n) is 4.22. The molecule has 25 heavy (non-hydrogen) atoms. The number of hydrogen-bond donors (Lipinski definition) is 0. The number of carbonyl (C=O) groups excluding carboxylic acids is 2. The van der Waals surface area contributed by atoms with Gasteiger partial charge in [0.05, 0.1) is 23.8 Å². The number of piperidine rings is 1. The summed E-state index contributed by atoms with van der Waals surface area (Å²) >= 11 is 1.30. The van der Waals surface area contributed by atoms with Crippen LogP contribution in [0.5, 0.6) is 0 Å². The van der Waals surface area contributed by atoms with Gasteiger partial charge in [0.2, 0.25) is 5.91 Å². The van der Waals surface area contributed by atoms with E-state index in [4.69, 9.17) is 4.74 Å². The van der Waals surface area contributed by atoms with E-state index in [1.165, 1.54) is 11.8 Å². The Morgan fingerprint density at radius 1 is 1.40 bits per heavy atom. The van der Waals surface area contributed by atoms with Gasteiger partial charge in [0, 0.05) is 18.8 Å². The number of ether oxygens (including phenoxy) is 1. The second kappa shape index (κ2) is 8.86. The van der Waals surface area contributed by atoms with E-state index in [2.05, 4.69) is 11.1 Å². The molecule has 2 rings (SSSR count).